The second-order valence-corrected chi connectivity index (χ2v) is 8.09. The fourth-order valence-corrected chi connectivity index (χ4v) is 4.62. The van der Waals surface area contributed by atoms with Gasteiger partial charge in [0.2, 0.25) is 0 Å². The number of esters is 1. The molecule has 9 heteroatoms. The third kappa shape index (κ3) is 4.62. The maximum Gasteiger partial charge on any atom is 0.414 e. The Balaban J connectivity index is 2.07. The van der Waals surface area contributed by atoms with Crippen LogP contribution in [0.25, 0.3) is 0 Å². The third-order valence-electron chi connectivity index (χ3n) is 5.28. The topological polar surface area (TPSA) is 86.3 Å². The Bertz CT molecular complexity index is 917. The number of carbonyl (C=O) groups is 2. The molecule has 0 saturated carbocycles. The molecule has 8 nitrogen and oxygen atoms in total. The lowest BCUT2D eigenvalue weighted by Crippen LogP contribution is -2.47. The lowest BCUT2D eigenvalue weighted by atomic mass is 9.90. The number of thiophene rings is 1. The molecule has 2 heterocycles. The van der Waals surface area contributed by atoms with Gasteiger partial charge >= 0.3 is 12.1 Å². The minimum absolute atomic E-state index is 0.177. The van der Waals surface area contributed by atoms with Crippen LogP contribution < -0.4 is 19.7 Å². The van der Waals surface area contributed by atoms with Gasteiger partial charge in [-0.2, -0.15) is 0 Å². The quantitative estimate of drug-likeness (QED) is 0.639. The van der Waals surface area contributed by atoms with Gasteiger partial charge in [0.15, 0.2) is 11.5 Å². The molecule has 2 aromatic rings. The highest BCUT2D eigenvalue weighted by molar-refractivity contribution is 7.10. The number of nitrogens with one attached hydrogen (secondary N) is 1. The maximum atomic E-state index is 12.7. The van der Waals surface area contributed by atoms with Crippen molar-refractivity contribution in [3.05, 3.63) is 40.1 Å². The van der Waals surface area contributed by atoms with Gasteiger partial charge in [0.1, 0.15) is 6.04 Å². The molecule has 1 aliphatic rings. The molecule has 0 fully saturated rings. The number of methoxy groups -OCH3 is 3. The van der Waals surface area contributed by atoms with Crippen molar-refractivity contribution in [1.82, 2.24) is 5.32 Å². The standard InChI is InChI=1S/C22H28N2O6S/c1-6-30-22(26)24-13(2)10-15(14-11-17(27-3)18(28-4)12-16(14)24)23-20(21(25)29-5)19-8-7-9-31-19/h7-9,11-13,15,20,23H,6,10H2,1-5H3. The van der Waals surface area contributed by atoms with Crippen LogP contribution in [0.2, 0.25) is 0 Å². The molecule has 0 radical (unpaired) electrons. The fraction of sp³-hybridized carbons (Fsp3) is 0.455. The Morgan fingerprint density at radius 1 is 1.23 bits per heavy atom. The van der Waals surface area contributed by atoms with E-state index in [4.69, 9.17) is 18.9 Å². The van der Waals surface area contributed by atoms with Crippen LogP contribution in [0.4, 0.5) is 10.5 Å². The lowest BCUT2D eigenvalue weighted by Gasteiger charge is -2.40. The number of hydrogen-bond donors (Lipinski definition) is 1. The van der Waals surface area contributed by atoms with Crippen molar-refractivity contribution in [2.45, 2.75) is 38.4 Å². The molecular weight excluding hydrogens is 420 g/mol. The number of rotatable bonds is 7. The number of nitrogens with zero attached hydrogens (tertiary/aromatic N) is 1. The molecule has 31 heavy (non-hydrogen) atoms. The van der Waals surface area contributed by atoms with Crippen LogP contribution in [-0.2, 0) is 14.3 Å². The molecule has 0 aliphatic carbocycles. The van der Waals surface area contributed by atoms with Crippen LogP contribution in [0.1, 0.15) is 42.8 Å². The minimum Gasteiger partial charge on any atom is -0.493 e. The van der Waals surface area contributed by atoms with Crippen molar-refractivity contribution in [1.29, 1.82) is 0 Å². The predicted octanol–water partition coefficient (Wildman–Crippen LogP) is 4.07. The third-order valence-corrected chi connectivity index (χ3v) is 6.22. The van der Waals surface area contributed by atoms with Gasteiger partial charge in [-0.15, -0.1) is 11.3 Å². The van der Waals surface area contributed by atoms with Crippen molar-refractivity contribution < 1.29 is 28.5 Å². The van der Waals surface area contributed by atoms with Gasteiger partial charge in [0, 0.05) is 23.0 Å². The number of anilines is 1. The van der Waals surface area contributed by atoms with E-state index in [0.717, 1.165) is 10.4 Å². The summed E-state index contributed by atoms with van der Waals surface area (Å²) in [6.07, 6.45) is 0.143. The van der Waals surface area contributed by atoms with Crippen molar-refractivity contribution in [3.8, 4) is 11.5 Å². The molecule has 0 saturated heterocycles. The van der Waals surface area contributed by atoms with Crippen LogP contribution in [0.3, 0.4) is 0 Å². The van der Waals surface area contributed by atoms with Gasteiger partial charge in [-0.05, 0) is 43.3 Å². The lowest BCUT2D eigenvalue weighted by molar-refractivity contribution is -0.143. The summed E-state index contributed by atoms with van der Waals surface area (Å²) >= 11 is 1.48. The monoisotopic (exact) mass is 448 g/mol. The number of ether oxygens (including phenoxy) is 4. The van der Waals surface area contributed by atoms with Crippen molar-refractivity contribution in [2.24, 2.45) is 0 Å². The van der Waals surface area contributed by atoms with Crippen LogP contribution >= 0.6 is 11.3 Å². The van der Waals surface area contributed by atoms with E-state index in [1.165, 1.54) is 18.4 Å². The van der Waals surface area contributed by atoms with Crippen LogP contribution in [0.15, 0.2) is 29.6 Å². The van der Waals surface area contributed by atoms with E-state index in [2.05, 4.69) is 5.32 Å². The average Bonchev–Trinajstić information content (AvgIpc) is 3.30. The highest BCUT2D eigenvalue weighted by Gasteiger charge is 2.38. The van der Waals surface area contributed by atoms with Gasteiger partial charge in [-0.1, -0.05) is 6.07 Å². The summed E-state index contributed by atoms with van der Waals surface area (Å²) in [5, 5.41) is 5.35. The Morgan fingerprint density at radius 2 is 1.94 bits per heavy atom. The first-order chi connectivity index (χ1) is 14.9. The van der Waals surface area contributed by atoms with E-state index < -0.39 is 12.1 Å². The second kappa shape index (κ2) is 10.0. The van der Waals surface area contributed by atoms with Crippen LogP contribution in [0, 0.1) is 0 Å². The Kier molecular flexibility index (Phi) is 7.40. The van der Waals surface area contributed by atoms with E-state index in [1.54, 1.807) is 32.1 Å². The summed E-state index contributed by atoms with van der Waals surface area (Å²) in [5.74, 6) is 0.674. The average molecular weight is 449 g/mol. The molecule has 0 bridgehead atoms. The number of hydrogen-bond acceptors (Lipinski definition) is 8. The van der Waals surface area contributed by atoms with Crippen molar-refractivity contribution in [2.75, 3.05) is 32.8 Å². The van der Waals surface area contributed by atoms with E-state index in [1.807, 2.05) is 30.5 Å². The number of amides is 1. The van der Waals surface area contributed by atoms with E-state index in [0.29, 0.717) is 23.6 Å². The molecule has 1 N–H and O–H groups in total. The zero-order valence-corrected chi connectivity index (χ0v) is 19.2. The molecule has 168 valence electrons. The first-order valence-electron chi connectivity index (χ1n) is 10.0. The molecule has 0 spiro atoms. The maximum absolute atomic E-state index is 12.7. The van der Waals surface area contributed by atoms with Crippen molar-refractivity contribution in [3.63, 3.8) is 0 Å². The number of fused-ring (bicyclic) bond motifs is 1. The predicted molar refractivity (Wildman–Crippen MR) is 118 cm³/mol. The summed E-state index contributed by atoms with van der Waals surface area (Å²) in [6.45, 7) is 3.99. The zero-order chi connectivity index (χ0) is 22.5. The Labute approximate surface area is 186 Å². The van der Waals surface area contributed by atoms with Gasteiger partial charge in [0.05, 0.1) is 33.6 Å². The normalized spacial score (nSPS) is 18.7. The highest BCUT2D eigenvalue weighted by atomic mass is 32.1. The molecule has 1 aromatic heterocycles. The summed E-state index contributed by atoms with van der Waals surface area (Å²) in [7, 11) is 4.48. The zero-order valence-electron chi connectivity index (χ0n) is 18.3. The van der Waals surface area contributed by atoms with Gasteiger partial charge in [-0.3, -0.25) is 10.2 Å². The van der Waals surface area contributed by atoms with Gasteiger partial charge in [-0.25, -0.2) is 9.59 Å². The highest BCUT2D eigenvalue weighted by Crippen LogP contribution is 2.44. The first-order valence-corrected chi connectivity index (χ1v) is 10.9. The summed E-state index contributed by atoms with van der Waals surface area (Å²) in [5.41, 5.74) is 1.47. The fourth-order valence-electron chi connectivity index (χ4n) is 3.85. The molecule has 1 aliphatic heterocycles. The van der Waals surface area contributed by atoms with E-state index in [-0.39, 0.29) is 24.7 Å². The first kappa shape index (κ1) is 22.9. The largest absolute Gasteiger partial charge is 0.493 e. The van der Waals surface area contributed by atoms with Crippen LogP contribution in [-0.4, -0.2) is 46.0 Å². The van der Waals surface area contributed by atoms with Crippen LogP contribution in [0.5, 0.6) is 11.5 Å². The Morgan fingerprint density at radius 3 is 2.52 bits per heavy atom. The SMILES string of the molecule is CCOC(=O)N1c2cc(OC)c(OC)cc2C(NC(C(=O)OC)c2cccs2)CC1C. The summed E-state index contributed by atoms with van der Waals surface area (Å²) in [6, 6.07) is 6.36. The summed E-state index contributed by atoms with van der Waals surface area (Å²) in [4.78, 5) is 27.8. The second-order valence-electron chi connectivity index (χ2n) is 7.11. The molecular formula is C22H28N2O6S. The number of carbonyl (C=O) groups excluding carboxylic acids is 2. The smallest absolute Gasteiger partial charge is 0.414 e. The summed E-state index contributed by atoms with van der Waals surface area (Å²) < 4.78 is 21.3. The van der Waals surface area contributed by atoms with Crippen molar-refractivity contribution >= 4 is 29.1 Å². The molecule has 1 amide bonds. The number of benzene rings is 1. The minimum atomic E-state index is -0.628. The molecule has 3 unspecified atom stereocenters. The molecule has 1 aromatic carbocycles. The Hall–Kier alpha value is -2.78. The molecule has 3 atom stereocenters. The molecule has 3 rings (SSSR count). The van der Waals surface area contributed by atoms with Gasteiger partial charge < -0.3 is 18.9 Å². The van der Waals surface area contributed by atoms with E-state index >= 15 is 0 Å². The van der Waals surface area contributed by atoms with E-state index in [9.17, 15) is 9.59 Å². The van der Waals surface area contributed by atoms with Gasteiger partial charge in [0.25, 0.3) is 0 Å².